The van der Waals surface area contributed by atoms with Gasteiger partial charge in [0.15, 0.2) is 5.58 Å². The molecule has 114 valence electrons. The number of oxazole rings is 1. The summed E-state index contributed by atoms with van der Waals surface area (Å²) in [5, 5.41) is 4.05. The molecule has 0 unspecified atom stereocenters. The van der Waals surface area contributed by atoms with Crippen molar-refractivity contribution in [2.75, 3.05) is 31.1 Å². The van der Waals surface area contributed by atoms with Crippen LogP contribution in [0.3, 0.4) is 0 Å². The zero-order valence-electron chi connectivity index (χ0n) is 12.5. The lowest BCUT2D eigenvalue weighted by molar-refractivity contribution is 0.238. The minimum absolute atomic E-state index is 0.720. The number of benzene rings is 1. The summed E-state index contributed by atoms with van der Waals surface area (Å²) >= 11 is 0. The van der Waals surface area contributed by atoms with Gasteiger partial charge in [-0.05, 0) is 19.1 Å². The topological polar surface area (TPSA) is 58.5 Å². The first kappa shape index (κ1) is 13.3. The standard InChI is InChI=1S/C16H18N4O2/c1-12-10-13(18-22-12)11-19-6-8-20(9-7-19)16-17-14-4-2-3-5-15(14)21-16/h2-5,10H,6-9,11H2,1H3. The maximum atomic E-state index is 5.83. The van der Waals surface area contributed by atoms with Gasteiger partial charge in [0.1, 0.15) is 11.3 Å². The number of hydrogen-bond donors (Lipinski definition) is 0. The summed E-state index contributed by atoms with van der Waals surface area (Å²) in [5.41, 5.74) is 2.75. The van der Waals surface area contributed by atoms with Crippen LogP contribution in [0, 0.1) is 6.92 Å². The van der Waals surface area contributed by atoms with Gasteiger partial charge < -0.3 is 13.8 Å². The minimum atomic E-state index is 0.720. The molecule has 1 aromatic carbocycles. The van der Waals surface area contributed by atoms with Crippen LogP contribution in [0.5, 0.6) is 0 Å². The molecule has 1 aliphatic heterocycles. The van der Waals surface area contributed by atoms with Gasteiger partial charge in [-0.25, -0.2) is 0 Å². The molecule has 0 atom stereocenters. The molecular weight excluding hydrogens is 280 g/mol. The Morgan fingerprint density at radius 3 is 2.68 bits per heavy atom. The Morgan fingerprint density at radius 2 is 1.95 bits per heavy atom. The van der Waals surface area contributed by atoms with E-state index in [9.17, 15) is 0 Å². The molecule has 0 spiro atoms. The van der Waals surface area contributed by atoms with Crippen LogP contribution in [0.1, 0.15) is 11.5 Å². The van der Waals surface area contributed by atoms with E-state index in [2.05, 4.69) is 19.9 Å². The molecule has 0 aliphatic carbocycles. The van der Waals surface area contributed by atoms with Crippen LogP contribution in [-0.4, -0.2) is 41.2 Å². The monoisotopic (exact) mass is 298 g/mol. The number of piperazine rings is 1. The van der Waals surface area contributed by atoms with E-state index in [1.165, 1.54) is 0 Å². The molecular formula is C16H18N4O2. The first-order chi connectivity index (χ1) is 10.8. The zero-order valence-corrected chi connectivity index (χ0v) is 12.5. The van der Waals surface area contributed by atoms with Gasteiger partial charge in [-0.15, -0.1) is 0 Å². The third-order valence-electron chi connectivity index (χ3n) is 3.99. The Hall–Kier alpha value is -2.34. The van der Waals surface area contributed by atoms with Crippen molar-refractivity contribution in [3.05, 3.63) is 41.8 Å². The van der Waals surface area contributed by atoms with Gasteiger partial charge in [0, 0.05) is 38.8 Å². The average molecular weight is 298 g/mol. The molecule has 1 fully saturated rings. The number of hydrogen-bond acceptors (Lipinski definition) is 6. The summed E-state index contributed by atoms with van der Waals surface area (Å²) in [4.78, 5) is 9.13. The van der Waals surface area contributed by atoms with Crippen molar-refractivity contribution in [1.29, 1.82) is 0 Å². The lowest BCUT2D eigenvalue weighted by atomic mass is 10.3. The molecule has 6 heteroatoms. The fourth-order valence-electron chi connectivity index (χ4n) is 2.81. The Balaban J connectivity index is 1.40. The lowest BCUT2D eigenvalue weighted by Gasteiger charge is -2.33. The second-order valence-electron chi connectivity index (χ2n) is 5.66. The second kappa shape index (κ2) is 5.46. The van der Waals surface area contributed by atoms with E-state index < -0.39 is 0 Å². The molecule has 1 aliphatic rings. The molecule has 0 bridgehead atoms. The van der Waals surface area contributed by atoms with Crippen LogP contribution in [0.2, 0.25) is 0 Å². The smallest absolute Gasteiger partial charge is 0.298 e. The van der Waals surface area contributed by atoms with Gasteiger partial charge in [0.25, 0.3) is 6.01 Å². The summed E-state index contributed by atoms with van der Waals surface area (Å²) < 4.78 is 11.0. The third kappa shape index (κ3) is 2.57. The predicted molar refractivity (Wildman–Crippen MR) is 82.7 cm³/mol. The Bertz CT molecular complexity index is 738. The van der Waals surface area contributed by atoms with Crippen molar-refractivity contribution < 1.29 is 8.94 Å². The molecule has 0 amide bonds. The molecule has 4 rings (SSSR count). The largest absolute Gasteiger partial charge is 0.423 e. The Labute approximate surface area is 128 Å². The summed E-state index contributed by atoms with van der Waals surface area (Å²) in [5.74, 6) is 0.861. The summed E-state index contributed by atoms with van der Waals surface area (Å²) in [7, 11) is 0. The minimum Gasteiger partial charge on any atom is -0.423 e. The van der Waals surface area contributed by atoms with Crippen molar-refractivity contribution in [2.24, 2.45) is 0 Å². The number of aryl methyl sites for hydroxylation is 1. The van der Waals surface area contributed by atoms with Gasteiger partial charge in [0.05, 0.1) is 5.69 Å². The van der Waals surface area contributed by atoms with E-state index in [0.29, 0.717) is 0 Å². The van der Waals surface area contributed by atoms with E-state index in [1.54, 1.807) is 0 Å². The van der Waals surface area contributed by atoms with E-state index in [-0.39, 0.29) is 0 Å². The van der Waals surface area contributed by atoms with Crippen LogP contribution in [0.15, 0.2) is 39.3 Å². The van der Waals surface area contributed by atoms with Crippen LogP contribution < -0.4 is 4.90 Å². The normalized spacial score (nSPS) is 16.5. The summed E-state index contributed by atoms with van der Waals surface area (Å²) in [6, 6.07) is 10.6. The SMILES string of the molecule is Cc1cc(CN2CCN(c3nc4ccccc4o3)CC2)no1. The molecule has 0 radical (unpaired) electrons. The van der Waals surface area contributed by atoms with Gasteiger partial charge in [-0.3, -0.25) is 4.90 Å². The molecule has 3 aromatic rings. The van der Waals surface area contributed by atoms with Crippen molar-refractivity contribution in [3.8, 4) is 0 Å². The van der Waals surface area contributed by atoms with Crippen LogP contribution in [-0.2, 0) is 6.54 Å². The van der Waals surface area contributed by atoms with Crippen LogP contribution >= 0.6 is 0 Å². The first-order valence-corrected chi connectivity index (χ1v) is 7.53. The van der Waals surface area contributed by atoms with E-state index in [0.717, 1.165) is 61.3 Å². The molecule has 6 nitrogen and oxygen atoms in total. The van der Waals surface area contributed by atoms with E-state index in [1.807, 2.05) is 37.3 Å². The quantitative estimate of drug-likeness (QED) is 0.740. The number of rotatable bonds is 3. The Morgan fingerprint density at radius 1 is 1.14 bits per heavy atom. The number of para-hydroxylation sites is 2. The highest BCUT2D eigenvalue weighted by Gasteiger charge is 2.21. The fraction of sp³-hybridized carbons (Fsp3) is 0.375. The van der Waals surface area contributed by atoms with Gasteiger partial charge in [0.2, 0.25) is 0 Å². The van der Waals surface area contributed by atoms with Gasteiger partial charge >= 0.3 is 0 Å². The highest BCUT2D eigenvalue weighted by Crippen LogP contribution is 2.22. The van der Waals surface area contributed by atoms with Crippen LogP contribution in [0.4, 0.5) is 6.01 Å². The van der Waals surface area contributed by atoms with E-state index in [4.69, 9.17) is 8.94 Å². The van der Waals surface area contributed by atoms with Gasteiger partial charge in [-0.1, -0.05) is 17.3 Å². The number of nitrogens with zero attached hydrogens (tertiary/aromatic N) is 4. The Kier molecular flexibility index (Phi) is 3.31. The maximum absolute atomic E-state index is 5.83. The summed E-state index contributed by atoms with van der Waals surface area (Å²) in [6.07, 6.45) is 0. The maximum Gasteiger partial charge on any atom is 0.298 e. The molecule has 0 N–H and O–H groups in total. The molecule has 2 aromatic heterocycles. The number of aromatic nitrogens is 2. The van der Waals surface area contributed by atoms with Crippen molar-refractivity contribution in [2.45, 2.75) is 13.5 Å². The molecule has 22 heavy (non-hydrogen) atoms. The predicted octanol–water partition coefficient (Wildman–Crippen LogP) is 2.45. The highest BCUT2D eigenvalue weighted by atomic mass is 16.5. The summed E-state index contributed by atoms with van der Waals surface area (Å²) in [6.45, 7) is 6.49. The molecule has 3 heterocycles. The third-order valence-corrected chi connectivity index (χ3v) is 3.99. The fourth-order valence-corrected chi connectivity index (χ4v) is 2.81. The highest BCUT2D eigenvalue weighted by molar-refractivity contribution is 5.74. The van der Waals surface area contributed by atoms with Crippen LogP contribution in [0.25, 0.3) is 11.1 Å². The molecule has 1 saturated heterocycles. The number of anilines is 1. The van der Waals surface area contributed by atoms with Crippen molar-refractivity contribution in [3.63, 3.8) is 0 Å². The van der Waals surface area contributed by atoms with Gasteiger partial charge in [-0.2, -0.15) is 4.98 Å². The zero-order chi connectivity index (χ0) is 14.9. The lowest BCUT2D eigenvalue weighted by Crippen LogP contribution is -2.46. The first-order valence-electron chi connectivity index (χ1n) is 7.53. The van der Waals surface area contributed by atoms with E-state index >= 15 is 0 Å². The number of fused-ring (bicyclic) bond motifs is 1. The average Bonchev–Trinajstić information content (AvgIpc) is 3.14. The molecule has 0 saturated carbocycles. The van der Waals surface area contributed by atoms with Crippen molar-refractivity contribution in [1.82, 2.24) is 15.0 Å². The van der Waals surface area contributed by atoms with Crippen molar-refractivity contribution >= 4 is 17.1 Å². The second-order valence-corrected chi connectivity index (χ2v) is 5.66.